The van der Waals surface area contributed by atoms with Crippen LogP contribution in [0.4, 0.5) is 0 Å². The molecule has 0 aliphatic carbocycles. The van der Waals surface area contributed by atoms with Gasteiger partial charge in [0.25, 0.3) is 5.91 Å². The van der Waals surface area contributed by atoms with Crippen molar-refractivity contribution >= 4 is 16.3 Å². The topological polar surface area (TPSA) is 90.9 Å². The normalized spacial score (nSPS) is 24.4. The molecule has 1 spiro atoms. The SMILES string of the molecule is COc1cccc([S+](=O)([O-])N2CCC3(COc4ccccc4C(=O)N3)C2)c1. The number of carbonyl (C=O) groups is 1. The summed E-state index contributed by atoms with van der Waals surface area (Å²) in [6.07, 6.45) is 0.482. The number of hydrogen-bond acceptors (Lipinski definition) is 5. The molecule has 2 aromatic rings. The number of sulfonamides is 1. The predicted molar refractivity (Wildman–Crippen MR) is 98.4 cm³/mol. The minimum atomic E-state index is -3.70. The largest absolute Gasteiger partial charge is 0.593 e. The summed E-state index contributed by atoms with van der Waals surface area (Å²) in [5.74, 6) is 0.747. The van der Waals surface area contributed by atoms with Gasteiger partial charge in [-0.15, -0.1) is 4.31 Å². The van der Waals surface area contributed by atoms with Gasteiger partial charge >= 0.3 is 0 Å². The van der Waals surface area contributed by atoms with Crippen LogP contribution in [-0.2, 0) is 14.6 Å². The molecule has 2 aliphatic rings. The van der Waals surface area contributed by atoms with E-state index in [4.69, 9.17) is 9.47 Å². The third-order valence-corrected chi connectivity index (χ3v) is 6.85. The molecule has 0 aromatic heterocycles. The zero-order chi connectivity index (χ0) is 19.1. The van der Waals surface area contributed by atoms with E-state index in [1.165, 1.54) is 17.5 Å². The van der Waals surface area contributed by atoms with Gasteiger partial charge in [0.15, 0.2) is 15.3 Å². The van der Waals surface area contributed by atoms with Crippen LogP contribution in [0.1, 0.15) is 16.8 Å². The van der Waals surface area contributed by atoms with Crippen LogP contribution in [0.5, 0.6) is 11.5 Å². The molecule has 1 N–H and O–H groups in total. The van der Waals surface area contributed by atoms with Gasteiger partial charge < -0.3 is 19.3 Å². The molecule has 1 saturated heterocycles. The average molecular weight is 388 g/mol. The number of carbonyl (C=O) groups excluding carboxylic acids is 1. The molecule has 8 heteroatoms. The fourth-order valence-corrected chi connectivity index (χ4v) is 5.07. The Kier molecular flexibility index (Phi) is 4.41. The smallest absolute Gasteiger partial charge is 0.255 e. The maximum Gasteiger partial charge on any atom is 0.255 e. The fourth-order valence-electron chi connectivity index (χ4n) is 3.51. The number of nitrogens with one attached hydrogen (secondary N) is 1. The van der Waals surface area contributed by atoms with E-state index in [9.17, 15) is 13.6 Å². The van der Waals surface area contributed by atoms with Crippen LogP contribution in [0.2, 0.25) is 0 Å². The lowest BCUT2D eigenvalue weighted by Gasteiger charge is -2.29. The molecule has 0 bridgehead atoms. The Morgan fingerprint density at radius 1 is 1.26 bits per heavy atom. The van der Waals surface area contributed by atoms with E-state index in [1.54, 1.807) is 42.5 Å². The van der Waals surface area contributed by atoms with E-state index in [2.05, 4.69) is 5.32 Å². The first-order valence-corrected chi connectivity index (χ1v) is 10.1. The Morgan fingerprint density at radius 2 is 2.07 bits per heavy atom. The number of amides is 1. The third-order valence-electron chi connectivity index (χ3n) is 5.01. The second kappa shape index (κ2) is 6.63. The highest BCUT2D eigenvalue weighted by Gasteiger charge is 2.48. The van der Waals surface area contributed by atoms with Gasteiger partial charge in [0, 0.05) is 12.6 Å². The Bertz CT molecular complexity index is 934. The van der Waals surface area contributed by atoms with Crippen molar-refractivity contribution in [3.63, 3.8) is 0 Å². The number of methoxy groups -OCH3 is 1. The van der Waals surface area contributed by atoms with E-state index in [0.29, 0.717) is 30.0 Å². The average Bonchev–Trinajstić information content (AvgIpc) is 3.05. The van der Waals surface area contributed by atoms with Crippen molar-refractivity contribution in [3.05, 3.63) is 54.1 Å². The van der Waals surface area contributed by atoms with Crippen LogP contribution >= 0.6 is 0 Å². The minimum absolute atomic E-state index is 0.159. The van der Waals surface area contributed by atoms with Crippen LogP contribution in [0.3, 0.4) is 0 Å². The number of fused-ring (bicyclic) bond motifs is 1. The van der Waals surface area contributed by atoms with Crippen molar-refractivity contribution < 1.29 is 23.0 Å². The summed E-state index contributed by atoms with van der Waals surface area (Å²) < 4.78 is 38.4. The van der Waals surface area contributed by atoms with Gasteiger partial charge in [-0.25, -0.2) is 0 Å². The predicted octanol–water partition coefficient (Wildman–Crippen LogP) is 1.87. The maximum atomic E-state index is 13.0. The monoisotopic (exact) mass is 388 g/mol. The highest BCUT2D eigenvalue weighted by atomic mass is 32.3. The molecule has 4 rings (SSSR count). The van der Waals surface area contributed by atoms with Gasteiger partial charge in [-0.05, 0) is 30.7 Å². The standard InChI is InChI=1S/C19H20N2O5S/c1-25-14-5-4-6-15(11-14)27(23,24)21-10-9-19(12-21)13-26-17-8-3-2-7-16(17)18(22)20-19/h2-8,11H,9-10,12-13H2,1H3,(H-,20,22,23,24). The van der Waals surface area contributed by atoms with Crippen molar-refractivity contribution in [2.45, 2.75) is 16.9 Å². The highest BCUT2D eigenvalue weighted by molar-refractivity contribution is 7.95. The molecule has 27 heavy (non-hydrogen) atoms. The molecular weight excluding hydrogens is 368 g/mol. The quantitative estimate of drug-likeness (QED) is 0.811. The fraction of sp³-hybridized carbons (Fsp3) is 0.316. The lowest BCUT2D eigenvalue weighted by molar-refractivity contribution is 0.0894. The summed E-state index contributed by atoms with van der Waals surface area (Å²) >= 11 is 0. The summed E-state index contributed by atoms with van der Waals surface area (Å²) in [4.78, 5) is 12.8. The zero-order valence-corrected chi connectivity index (χ0v) is 15.7. The van der Waals surface area contributed by atoms with Crippen molar-refractivity contribution in [2.75, 3.05) is 26.8 Å². The molecule has 2 unspecified atom stereocenters. The summed E-state index contributed by atoms with van der Waals surface area (Å²) in [5.41, 5.74) is -0.286. The second-order valence-corrected chi connectivity index (χ2v) is 8.72. The molecule has 1 fully saturated rings. The summed E-state index contributed by atoms with van der Waals surface area (Å²) in [6.45, 7) is 0.686. The van der Waals surface area contributed by atoms with Gasteiger partial charge in [0.05, 0.1) is 24.8 Å². The van der Waals surface area contributed by atoms with Crippen molar-refractivity contribution in [2.24, 2.45) is 0 Å². The number of hydrogen-bond donors (Lipinski definition) is 1. The van der Waals surface area contributed by atoms with Gasteiger partial charge in [0.2, 0.25) is 0 Å². The second-order valence-electron chi connectivity index (χ2n) is 6.79. The number of benzene rings is 2. The number of ether oxygens (including phenoxy) is 2. The first-order valence-electron chi connectivity index (χ1n) is 8.62. The summed E-state index contributed by atoms with van der Waals surface area (Å²) in [7, 11) is -2.20. The van der Waals surface area contributed by atoms with Crippen LogP contribution in [0.25, 0.3) is 0 Å². The molecule has 142 valence electrons. The van der Waals surface area contributed by atoms with Crippen LogP contribution in [0, 0.1) is 0 Å². The Labute approximate surface area is 158 Å². The molecule has 2 aromatic carbocycles. The molecule has 2 atom stereocenters. The van der Waals surface area contributed by atoms with Crippen molar-refractivity contribution in [3.8, 4) is 11.5 Å². The highest BCUT2D eigenvalue weighted by Crippen LogP contribution is 2.34. The molecule has 0 radical (unpaired) electrons. The van der Waals surface area contributed by atoms with Gasteiger partial charge in [0.1, 0.15) is 18.1 Å². The summed E-state index contributed by atoms with van der Waals surface area (Å²) in [6, 6.07) is 13.4. The van der Waals surface area contributed by atoms with E-state index >= 15 is 0 Å². The first kappa shape index (κ1) is 18.0. The molecular formula is C19H20N2O5S. The lowest BCUT2D eigenvalue weighted by Crippen LogP contribution is -2.54. The van der Waals surface area contributed by atoms with Crippen molar-refractivity contribution in [1.29, 1.82) is 0 Å². The molecule has 1 amide bonds. The van der Waals surface area contributed by atoms with Crippen LogP contribution in [-0.4, -0.2) is 47.1 Å². The third kappa shape index (κ3) is 3.20. The molecule has 2 aliphatic heterocycles. The van der Waals surface area contributed by atoms with Crippen molar-refractivity contribution in [1.82, 2.24) is 9.62 Å². The zero-order valence-electron chi connectivity index (χ0n) is 14.8. The van der Waals surface area contributed by atoms with Gasteiger partial charge in [-0.2, -0.15) is 0 Å². The number of para-hydroxylation sites is 1. The minimum Gasteiger partial charge on any atom is -0.593 e. The molecule has 2 heterocycles. The van der Waals surface area contributed by atoms with Crippen LogP contribution in [0.15, 0.2) is 53.4 Å². The number of nitrogens with zero attached hydrogens (tertiary/aromatic N) is 1. The van der Waals surface area contributed by atoms with E-state index in [1.807, 2.05) is 0 Å². The van der Waals surface area contributed by atoms with E-state index < -0.39 is 15.9 Å². The molecule has 7 nitrogen and oxygen atoms in total. The van der Waals surface area contributed by atoms with Crippen LogP contribution < -0.4 is 14.8 Å². The Morgan fingerprint density at radius 3 is 2.89 bits per heavy atom. The molecule has 0 saturated carbocycles. The maximum absolute atomic E-state index is 13.0. The Hall–Kier alpha value is -2.42. The van der Waals surface area contributed by atoms with Gasteiger partial charge in [-0.3, -0.25) is 4.79 Å². The van der Waals surface area contributed by atoms with Gasteiger partial charge in [-0.1, -0.05) is 22.4 Å². The lowest BCUT2D eigenvalue weighted by atomic mass is 10.00. The Balaban J connectivity index is 1.58. The number of rotatable bonds is 3. The van der Waals surface area contributed by atoms with E-state index in [-0.39, 0.29) is 24.0 Å². The first-order chi connectivity index (χ1) is 12.9. The summed E-state index contributed by atoms with van der Waals surface area (Å²) in [5, 5.41) is 2.99. The van der Waals surface area contributed by atoms with E-state index in [0.717, 1.165) is 0 Å².